The normalized spacial score (nSPS) is 14.6. The molecule has 4 rings (SSSR count). The summed E-state index contributed by atoms with van der Waals surface area (Å²) in [7, 11) is 0. The Morgan fingerprint density at radius 1 is 1.07 bits per heavy atom. The van der Waals surface area contributed by atoms with E-state index in [0.717, 1.165) is 28.0 Å². The molecule has 2 aromatic carbocycles. The third kappa shape index (κ3) is 3.39. The van der Waals surface area contributed by atoms with E-state index in [4.69, 9.17) is 11.6 Å². The van der Waals surface area contributed by atoms with E-state index in [1.807, 2.05) is 30.3 Å². The van der Waals surface area contributed by atoms with Crippen LogP contribution in [0.2, 0.25) is 5.02 Å². The number of hydrogen-bond donors (Lipinski definition) is 1. The van der Waals surface area contributed by atoms with E-state index >= 15 is 0 Å². The molecule has 0 radical (unpaired) electrons. The maximum atomic E-state index is 12.4. The minimum Gasteiger partial charge on any atom is -0.493 e. The third-order valence-corrected chi connectivity index (χ3v) is 5.48. The summed E-state index contributed by atoms with van der Waals surface area (Å²) in [4.78, 5) is 24.8. The lowest BCUT2D eigenvalue weighted by molar-refractivity contribution is -0.109. The van der Waals surface area contributed by atoms with Gasteiger partial charge in [-0.1, -0.05) is 65.4 Å². The number of nitrogens with zero attached hydrogens (tertiary/aromatic N) is 1. The lowest BCUT2D eigenvalue weighted by atomic mass is 9.91. The molecular weight excluding hydrogens is 382 g/mol. The van der Waals surface area contributed by atoms with Crippen molar-refractivity contribution in [3.05, 3.63) is 90.9 Å². The van der Waals surface area contributed by atoms with Gasteiger partial charge in [0, 0.05) is 10.6 Å². The summed E-state index contributed by atoms with van der Waals surface area (Å²) in [6.07, 6.45) is 4.85. The second kappa shape index (κ2) is 7.02. The Labute approximate surface area is 164 Å². The van der Waals surface area contributed by atoms with Crippen LogP contribution in [-0.4, -0.2) is 15.5 Å². The van der Waals surface area contributed by atoms with E-state index < -0.39 is 0 Å². The molecular formula is C21H14ClNO3S. The van der Waals surface area contributed by atoms with Crippen LogP contribution >= 0.6 is 22.9 Å². The Morgan fingerprint density at radius 2 is 1.89 bits per heavy atom. The first-order chi connectivity index (χ1) is 13.0. The first-order valence-electron chi connectivity index (χ1n) is 8.23. The van der Waals surface area contributed by atoms with Crippen LogP contribution in [-0.2, 0) is 11.3 Å². The molecule has 1 N–H and O–H groups in total. The fraction of sp³-hybridized carbons (Fsp3) is 0.0476. The van der Waals surface area contributed by atoms with Crippen LogP contribution in [0, 0.1) is 0 Å². The van der Waals surface area contributed by atoms with Crippen LogP contribution in [0.5, 0.6) is 5.88 Å². The number of allylic oxidation sites excluding steroid dienone is 2. The number of ketones is 1. The number of halogens is 1. The largest absolute Gasteiger partial charge is 0.493 e. The van der Waals surface area contributed by atoms with E-state index in [2.05, 4.69) is 0 Å². The van der Waals surface area contributed by atoms with Crippen molar-refractivity contribution >= 4 is 46.4 Å². The zero-order chi connectivity index (χ0) is 19.0. The maximum Gasteiger partial charge on any atom is 0.310 e. The van der Waals surface area contributed by atoms with E-state index in [1.54, 1.807) is 30.4 Å². The lowest BCUT2D eigenvalue weighted by Gasteiger charge is -2.12. The van der Waals surface area contributed by atoms with Gasteiger partial charge in [0.1, 0.15) is 0 Å². The van der Waals surface area contributed by atoms with Gasteiger partial charge in [0.05, 0.1) is 11.4 Å². The summed E-state index contributed by atoms with van der Waals surface area (Å²) < 4.78 is 1.28. The molecule has 3 aromatic rings. The number of carbonyl (C=O) groups is 1. The molecule has 1 aliphatic carbocycles. The molecule has 134 valence electrons. The number of thiazole rings is 1. The molecule has 4 nitrogen and oxygen atoms in total. The molecule has 0 bridgehead atoms. The molecule has 0 fully saturated rings. The van der Waals surface area contributed by atoms with Crippen molar-refractivity contribution in [2.24, 2.45) is 0 Å². The fourth-order valence-corrected chi connectivity index (χ4v) is 4.06. The van der Waals surface area contributed by atoms with E-state index in [9.17, 15) is 14.7 Å². The van der Waals surface area contributed by atoms with Crippen LogP contribution in [0.1, 0.15) is 21.6 Å². The minimum atomic E-state index is -0.300. The SMILES string of the molecule is O=C1C=Cc2ccccc2/C1=C/c1sc(=O)n(Cc2cccc(Cl)c2)c1O. The summed E-state index contributed by atoms with van der Waals surface area (Å²) in [6.45, 7) is 0.204. The highest BCUT2D eigenvalue weighted by Gasteiger charge is 2.20. The molecule has 0 amide bonds. The number of fused-ring (bicyclic) bond motifs is 1. The van der Waals surface area contributed by atoms with Crippen LogP contribution in [0.25, 0.3) is 17.7 Å². The van der Waals surface area contributed by atoms with E-state index in [1.165, 1.54) is 10.6 Å². The van der Waals surface area contributed by atoms with Crippen LogP contribution in [0.15, 0.2) is 59.4 Å². The highest BCUT2D eigenvalue weighted by Crippen LogP contribution is 2.32. The lowest BCUT2D eigenvalue weighted by Crippen LogP contribution is -2.13. The molecule has 1 heterocycles. The van der Waals surface area contributed by atoms with Gasteiger partial charge in [0.15, 0.2) is 5.78 Å². The Balaban J connectivity index is 1.76. The first-order valence-corrected chi connectivity index (χ1v) is 9.43. The summed E-state index contributed by atoms with van der Waals surface area (Å²) >= 11 is 6.89. The summed E-state index contributed by atoms with van der Waals surface area (Å²) in [5, 5.41) is 11.1. The maximum absolute atomic E-state index is 12.4. The number of hydrogen-bond acceptors (Lipinski definition) is 4. The van der Waals surface area contributed by atoms with Crippen molar-refractivity contribution in [2.75, 3.05) is 0 Å². The summed E-state index contributed by atoms with van der Waals surface area (Å²) in [5.41, 5.74) is 2.97. The number of benzene rings is 2. The zero-order valence-electron chi connectivity index (χ0n) is 14.1. The highest BCUT2D eigenvalue weighted by atomic mass is 35.5. The van der Waals surface area contributed by atoms with Gasteiger partial charge in [-0.2, -0.15) is 0 Å². The molecule has 1 aromatic heterocycles. The molecule has 27 heavy (non-hydrogen) atoms. The molecule has 0 saturated carbocycles. The number of aromatic hydroxyl groups is 1. The van der Waals surface area contributed by atoms with Gasteiger partial charge in [-0.05, 0) is 41.0 Å². The van der Waals surface area contributed by atoms with Gasteiger partial charge >= 0.3 is 4.87 Å². The van der Waals surface area contributed by atoms with Crippen LogP contribution in [0.3, 0.4) is 0 Å². The van der Waals surface area contributed by atoms with Gasteiger partial charge in [-0.25, -0.2) is 0 Å². The van der Waals surface area contributed by atoms with Crippen molar-refractivity contribution in [3.63, 3.8) is 0 Å². The van der Waals surface area contributed by atoms with Crippen LogP contribution < -0.4 is 4.87 Å². The van der Waals surface area contributed by atoms with Crippen molar-refractivity contribution in [1.29, 1.82) is 0 Å². The summed E-state index contributed by atoms with van der Waals surface area (Å²) in [6, 6.07) is 14.6. The molecule has 0 atom stereocenters. The Bertz CT molecular complexity index is 1170. The molecule has 1 aliphatic rings. The number of rotatable bonds is 3. The molecule has 0 unspecified atom stereocenters. The van der Waals surface area contributed by atoms with Gasteiger partial charge in [0.25, 0.3) is 0 Å². The van der Waals surface area contributed by atoms with Gasteiger partial charge in [0.2, 0.25) is 5.88 Å². The van der Waals surface area contributed by atoms with Crippen molar-refractivity contribution in [2.45, 2.75) is 6.54 Å². The average molecular weight is 396 g/mol. The molecule has 0 saturated heterocycles. The average Bonchev–Trinajstić information content (AvgIpc) is 2.92. The van der Waals surface area contributed by atoms with Crippen molar-refractivity contribution in [3.8, 4) is 5.88 Å². The predicted molar refractivity (Wildman–Crippen MR) is 109 cm³/mol. The van der Waals surface area contributed by atoms with Crippen molar-refractivity contribution < 1.29 is 9.90 Å². The van der Waals surface area contributed by atoms with E-state index in [-0.39, 0.29) is 23.1 Å². The standard InChI is InChI=1S/C21H14ClNO3S/c22-15-6-3-4-13(10-15)12-23-20(25)19(27-21(23)26)11-17-16-7-2-1-5-14(16)8-9-18(17)24/h1-11,25H,12H2/b17-11-. The predicted octanol–water partition coefficient (Wildman–Crippen LogP) is 4.45. The molecule has 6 heteroatoms. The second-order valence-electron chi connectivity index (χ2n) is 6.11. The first kappa shape index (κ1) is 17.5. The van der Waals surface area contributed by atoms with Crippen LogP contribution in [0.4, 0.5) is 0 Å². The van der Waals surface area contributed by atoms with Gasteiger partial charge in [-0.15, -0.1) is 0 Å². The Hall–Kier alpha value is -2.89. The van der Waals surface area contributed by atoms with Gasteiger partial charge in [-0.3, -0.25) is 14.2 Å². The fourth-order valence-electron chi connectivity index (χ4n) is 3.02. The minimum absolute atomic E-state index is 0.155. The smallest absolute Gasteiger partial charge is 0.310 e. The summed E-state index contributed by atoms with van der Waals surface area (Å²) in [5.74, 6) is -0.312. The topological polar surface area (TPSA) is 59.3 Å². The van der Waals surface area contributed by atoms with Crippen molar-refractivity contribution in [1.82, 2.24) is 4.57 Å². The quantitative estimate of drug-likeness (QED) is 0.666. The Morgan fingerprint density at radius 3 is 2.70 bits per heavy atom. The Kier molecular flexibility index (Phi) is 4.56. The third-order valence-electron chi connectivity index (χ3n) is 4.33. The number of aromatic nitrogens is 1. The highest BCUT2D eigenvalue weighted by molar-refractivity contribution is 7.10. The molecule has 0 spiro atoms. The monoisotopic (exact) mass is 395 g/mol. The zero-order valence-corrected chi connectivity index (χ0v) is 15.6. The van der Waals surface area contributed by atoms with Gasteiger partial charge < -0.3 is 5.11 Å². The number of carbonyl (C=O) groups excluding carboxylic acids is 1. The molecule has 0 aliphatic heterocycles. The van der Waals surface area contributed by atoms with E-state index in [0.29, 0.717) is 15.5 Å². The second-order valence-corrected chi connectivity index (χ2v) is 7.54.